The summed E-state index contributed by atoms with van der Waals surface area (Å²) in [6.07, 6.45) is 2.74. The van der Waals surface area contributed by atoms with Crippen LogP contribution in [0.3, 0.4) is 0 Å². The number of aryl methyl sites for hydroxylation is 4. The first kappa shape index (κ1) is 20.6. The summed E-state index contributed by atoms with van der Waals surface area (Å²) in [6, 6.07) is 6.79. The molecule has 2 amide bonds. The van der Waals surface area contributed by atoms with Gasteiger partial charge in [-0.2, -0.15) is 10.2 Å². The Morgan fingerprint density at radius 2 is 1.00 bits per heavy atom. The molecule has 0 saturated heterocycles. The number of hydrogen-bond acceptors (Lipinski definition) is 6. The topological polar surface area (TPSA) is 123 Å². The van der Waals surface area contributed by atoms with Gasteiger partial charge in [0, 0.05) is 0 Å². The molecule has 0 radical (unpaired) electrons. The number of nitrogens with zero attached hydrogens (tertiary/aromatic N) is 2. The Kier molecular flexibility index (Phi) is 6.49. The summed E-state index contributed by atoms with van der Waals surface area (Å²) >= 11 is 0. The quantitative estimate of drug-likeness (QED) is 0.366. The second-order valence-corrected chi connectivity index (χ2v) is 6.40. The van der Waals surface area contributed by atoms with Gasteiger partial charge in [0.1, 0.15) is 11.5 Å². The van der Waals surface area contributed by atoms with Gasteiger partial charge >= 0.3 is 11.8 Å². The smallest absolute Gasteiger partial charge is 0.331 e. The third-order valence-corrected chi connectivity index (χ3v) is 3.99. The van der Waals surface area contributed by atoms with E-state index in [0.29, 0.717) is 33.4 Å². The SMILES string of the molecule is Cc1cc(/C=N/NC(=O)C(=O)N/N=C/c2cc(C)c(O)c(C)c2)cc(C)c1O. The molecule has 8 heteroatoms. The Morgan fingerprint density at radius 3 is 1.29 bits per heavy atom. The number of phenolic OH excluding ortho intramolecular Hbond substituents is 2. The van der Waals surface area contributed by atoms with Crippen molar-refractivity contribution >= 4 is 24.2 Å². The molecule has 146 valence electrons. The van der Waals surface area contributed by atoms with Crippen LogP contribution in [0.4, 0.5) is 0 Å². The summed E-state index contributed by atoms with van der Waals surface area (Å²) in [5.74, 6) is -1.53. The van der Waals surface area contributed by atoms with Gasteiger partial charge in [0.2, 0.25) is 0 Å². The van der Waals surface area contributed by atoms with Gasteiger partial charge in [0.15, 0.2) is 0 Å². The summed E-state index contributed by atoms with van der Waals surface area (Å²) in [6.45, 7) is 7.00. The Morgan fingerprint density at radius 1 is 0.714 bits per heavy atom. The van der Waals surface area contributed by atoms with Crippen molar-refractivity contribution in [3.63, 3.8) is 0 Å². The molecule has 0 heterocycles. The highest BCUT2D eigenvalue weighted by Gasteiger charge is 2.11. The number of aromatic hydroxyl groups is 2. The van der Waals surface area contributed by atoms with Crippen molar-refractivity contribution in [3.05, 3.63) is 57.6 Å². The average Bonchev–Trinajstić information content (AvgIpc) is 2.63. The molecule has 2 aromatic rings. The number of rotatable bonds is 4. The van der Waals surface area contributed by atoms with Gasteiger partial charge in [-0.25, -0.2) is 10.9 Å². The molecule has 0 aromatic heterocycles. The largest absolute Gasteiger partial charge is 0.507 e. The van der Waals surface area contributed by atoms with Gasteiger partial charge in [0.05, 0.1) is 12.4 Å². The summed E-state index contributed by atoms with van der Waals surface area (Å²) < 4.78 is 0. The third-order valence-electron chi connectivity index (χ3n) is 3.99. The Bertz CT molecular complexity index is 855. The maximum absolute atomic E-state index is 11.7. The number of hydrazone groups is 2. The maximum atomic E-state index is 11.7. The van der Waals surface area contributed by atoms with E-state index in [2.05, 4.69) is 21.1 Å². The molecule has 0 unspecified atom stereocenters. The lowest BCUT2D eigenvalue weighted by atomic mass is 10.1. The first-order valence-corrected chi connectivity index (χ1v) is 8.46. The zero-order valence-electron chi connectivity index (χ0n) is 16.1. The molecular formula is C20H22N4O4. The number of benzene rings is 2. The van der Waals surface area contributed by atoms with E-state index >= 15 is 0 Å². The Labute approximate surface area is 162 Å². The number of nitrogens with one attached hydrogen (secondary N) is 2. The van der Waals surface area contributed by atoms with Crippen molar-refractivity contribution in [2.45, 2.75) is 27.7 Å². The summed E-state index contributed by atoms with van der Waals surface area (Å²) in [7, 11) is 0. The zero-order chi connectivity index (χ0) is 20.8. The van der Waals surface area contributed by atoms with E-state index in [1.165, 1.54) is 12.4 Å². The number of hydrogen-bond donors (Lipinski definition) is 4. The van der Waals surface area contributed by atoms with Gasteiger partial charge < -0.3 is 10.2 Å². The van der Waals surface area contributed by atoms with E-state index in [1.54, 1.807) is 52.0 Å². The van der Waals surface area contributed by atoms with Crippen LogP contribution in [0.5, 0.6) is 11.5 Å². The monoisotopic (exact) mass is 382 g/mol. The fraction of sp³-hybridized carbons (Fsp3) is 0.200. The maximum Gasteiger partial charge on any atom is 0.331 e. The van der Waals surface area contributed by atoms with E-state index in [9.17, 15) is 19.8 Å². The predicted molar refractivity (Wildman–Crippen MR) is 107 cm³/mol. The van der Waals surface area contributed by atoms with Crippen LogP contribution >= 0.6 is 0 Å². The normalized spacial score (nSPS) is 11.1. The lowest BCUT2D eigenvalue weighted by molar-refractivity contribution is -0.139. The predicted octanol–water partition coefficient (Wildman–Crippen LogP) is 1.93. The van der Waals surface area contributed by atoms with Gasteiger partial charge in [-0.1, -0.05) is 0 Å². The third kappa shape index (κ3) is 5.16. The van der Waals surface area contributed by atoms with Crippen LogP contribution in [0.25, 0.3) is 0 Å². The number of carbonyl (C=O) groups is 2. The van der Waals surface area contributed by atoms with Crippen LogP contribution in [-0.2, 0) is 9.59 Å². The first-order chi connectivity index (χ1) is 13.2. The summed E-state index contributed by atoms with van der Waals surface area (Å²) in [5.41, 5.74) is 8.28. The van der Waals surface area contributed by atoms with Crippen molar-refractivity contribution in [2.75, 3.05) is 0 Å². The van der Waals surface area contributed by atoms with Gasteiger partial charge in [-0.3, -0.25) is 9.59 Å². The fourth-order valence-corrected chi connectivity index (χ4v) is 2.56. The average molecular weight is 382 g/mol. The molecule has 0 bridgehead atoms. The lowest BCUT2D eigenvalue weighted by Gasteiger charge is -2.04. The summed E-state index contributed by atoms with van der Waals surface area (Å²) in [4.78, 5) is 23.5. The molecule has 0 fully saturated rings. The number of carbonyl (C=O) groups excluding carboxylic acids is 2. The lowest BCUT2D eigenvalue weighted by Crippen LogP contribution is -2.35. The van der Waals surface area contributed by atoms with Gasteiger partial charge in [-0.05, 0) is 85.3 Å². The molecule has 0 saturated carbocycles. The molecule has 4 N–H and O–H groups in total. The molecule has 2 aromatic carbocycles. The number of phenols is 2. The van der Waals surface area contributed by atoms with E-state index in [4.69, 9.17) is 0 Å². The minimum atomic E-state index is -0.973. The van der Waals surface area contributed by atoms with Crippen molar-refractivity contribution in [1.29, 1.82) is 0 Å². The molecule has 2 rings (SSSR count). The zero-order valence-corrected chi connectivity index (χ0v) is 16.1. The van der Waals surface area contributed by atoms with E-state index in [0.717, 1.165) is 0 Å². The van der Waals surface area contributed by atoms with Crippen LogP contribution in [-0.4, -0.2) is 34.5 Å². The van der Waals surface area contributed by atoms with Gasteiger partial charge in [0.25, 0.3) is 0 Å². The van der Waals surface area contributed by atoms with Crippen molar-refractivity contribution < 1.29 is 19.8 Å². The van der Waals surface area contributed by atoms with Crippen LogP contribution in [0, 0.1) is 27.7 Å². The minimum absolute atomic E-state index is 0.206. The second-order valence-electron chi connectivity index (χ2n) is 6.40. The second kappa shape index (κ2) is 8.81. The first-order valence-electron chi connectivity index (χ1n) is 8.46. The van der Waals surface area contributed by atoms with E-state index < -0.39 is 11.8 Å². The van der Waals surface area contributed by atoms with Crippen molar-refractivity contribution in [2.24, 2.45) is 10.2 Å². The standard InChI is InChI=1S/C20H22N4O4/c1-11-5-15(6-12(2)17(11)25)9-21-23-19(27)20(28)24-22-10-16-7-13(3)18(26)14(4)8-16/h5-10,25-26H,1-4H3,(H,23,27)(H,24,28)/b21-9+,22-10+. The fourth-order valence-electron chi connectivity index (χ4n) is 2.56. The van der Waals surface area contributed by atoms with E-state index in [1.807, 2.05) is 0 Å². The molecule has 0 spiro atoms. The van der Waals surface area contributed by atoms with Crippen LogP contribution in [0.15, 0.2) is 34.5 Å². The number of amides is 2. The summed E-state index contributed by atoms with van der Waals surface area (Å²) in [5, 5.41) is 26.9. The molecule has 0 aliphatic carbocycles. The molecule has 8 nitrogen and oxygen atoms in total. The Balaban J connectivity index is 1.92. The highest BCUT2D eigenvalue weighted by molar-refractivity contribution is 6.35. The molecule has 0 aliphatic rings. The Hall–Kier alpha value is -3.68. The van der Waals surface area contributed by atoms with Crippen molar-refractivity contribution in [1.82, 2.24) is 10.9 Å². The molecule has 0 atom stereocenters. The molecule has 0 aliphatic heterocycles. The van der Waals surface area contributed by atoms with Crippen LogP contribution in [0.2, 0.25) is 0 Å². The molecule has 28 heavy (non-hydrogen) atoms. The van der Waals surface area contributed by atoms with Gasteiger partial charge in [-0.15, -0.1) is 0 Å². The molecular weight excluding hydrogens is 360 g/mol. The highest BCUT2D eigenvalue weighted by atomic mass is 16.3. The minimum Gasteiger partial charge on any atom is -0.507 e. The van der Waals surface area contributed by atoms with Crippen molar-refractivity contribution in [3.8, 4) is 11.5 Å². The van der Waals surface area contributed by atoms with E-state index in [-0.39, 0.29) is 11.5 Å². The van der Waals surface area contributed by atoms with Crippen LogP contribution in [0.1, 0.15) is 33.4 Å². The highest BCUT2D eigenvalue weighted by Crippen LogP contribution is 2.22. The van der Waals surface area contributed by atoms with Crippen LogP contribution < -0.4 is 10.9 Å².